The Kier molecular flexibility index (Phi) is 4.93. The van der Waals surface area contributed by atoms with Crippen molar-refractivity contribution in [3.8, 4) is 0 Å². The van der Waals surface area contributed by atoms with Crippen molar-refractivity contribution in [3.63, 3.8) is 0 Å². The highest BCUT2D eigenvalue weighted by Crippen LogP contribution is 2.17. The van der Waals surface area contributed by atoms with Gasteiger partial charge < -0.3 is 9.80 Å². The van der Waals surface area contributed by atoms with Gasteiger partial charge in [-0.25, -0.2) is 4.68 Å². The van der Waals surface area contributed by atoms with Crippen LogP contribution in [0.15, 0.2) is 6.20 Å². The predicted molar refractivity (Wildman–Crippen MR) is 77.6 cm³/mol. The van der Waals surface area contributed by atoms with Gasteiger partial charge in [-0.05, 0) is 25.2 Å². The first-order chi connectivity index (χ1) is 9.97. The molecule has 21 heavy (non-hydrogen) atoms. The van der Waals surface area contributed by atoms with Gasteiger partial charge in [-0.15, -0.1) is 5.10 Å². The first-order valence-corrected chi connectivity index (χ1v) is 7.37. The first kappa shape index (κ1) is 15.5. The topological polar surface area (TPSA) is 71.3 Å². The summed E-state index contributed by atoms with van der Waals surface area (Å²) in [7, 11) is 3.37. The van der Waals surface area contributed by atoms with Crippen LogP contribution in [0.4, 0.5) is 0 Å². The van der Waals surface area contributed by atoms with Crippen LogP contribution < -0.4 is 0 Å². The molecule has 116 valence electrons. The van der Waals surface area contributed by atoms with Crippen molar-refractivity contribution in [2.24, 2.45) is 5.92 Å². The molecule has 0 bridgehead atoms. The summed E-state index contributed by atoms with van der Waals surface area (Å²) in [5.74, 6) is 0.492. The Morgan fingerprint density at radius 1 is 1.33 bits per heavy atom. The maximum Gasteiger partial charge on any atom is 0.276 e. The molecule has 2 heterocycles. The number of amides is 2. The summed E-state index contributed by atoms with van der Waals surface area (Å²) >= 11 is 0. The summed E-state index contributed by atoms with van der Waals surface area (Å²) in [4.78, 5) is 27.3. The molecule has 0 N–H and O–H groups in total. The van der Waals surface area contributed by atoms with Gasteiger partial charge in [0.05, 0.1) is 6.20 Å². The molecule has 2 rings (SSSR count). The van der Waals surface area contributed by atoms with Crippen molar-refractivity contribution < 1.29 is 9.59 Å². The molecule has 0 spiro atoms. The van der Waals surface area contributed by atoms with Crippen molar-refractivity contribution >= 4 is 11.8 Å². The lowest BCUT2D eigenvalue weighted by Crippen LogP contribution is -2.32. The van der Waals surface area contributed by atoms with Crippen LogP contribution in [0.2, 0.25) is 0 Å². The van der Waals surface area contributed by atoms with E-state index < -0.39 is 0 Å². The lowest BCUT2D eigenvalue weighted by atomic mass is 10.0. The number of hydrogen-bond acceptors (Lipinski definition) is 4. The highest BCUT2D eigenvalue weighted by molar-refractivity contribution is 5.92. The Morgan fingerprint density at radius 3 is 2.81 bits per heavy atom. The molecule has 1 aromatic rings. The molecular weight excluding hydrogens is 270 g/mol. The fraction of sp³-hybridized carbons (Fsp3) is 0.714. The molecule has 7 heteroatoms. The number of likely N-dealkylation sites (N-methyl/N-ethyl adjacent to an activating group) is 1. The zero-order valence-electron chi connectivity index (χ0n) is 12.9. The fourth-order valence-corrected chi connectivity index (χ4v) is 2.38. The summed E-state index contributed by atoms with van der Waals surface area (Å²) in [5, 5.41) is 7.77. The Hall–Kier alpha value is -1.92. The average Bonchev–Trinajstić information content (AvgIpc) is 2.79. The zero-order valence-corrected chi connectivity index (χ0v) is 12.9. The first-order valence-electron chi connectivity index (χ1n) is 7.37. The average molecular weight is 293 g/mol. The van der Waals surface area contributed by atoms with Gasteiger partial charge in [0.1, 0.15) is 6.54 Å². The summed E-state index contributed by atoms with van der Waals surface area (Å²) < 4.78 is 1.41. The lowest BCUT2D eigenvalue weighted by molar-refractivity contribution is -0.129. The van der Waals surface area contributed by atoms with Crippen LogP contribution in [0, 0.1) is 5.92 Å². The van der Waals surface area contributed by atoms with Crippen LogP contribution >= 0.6 is 0 Å². The third-order valence-electron chi connectivity index (χ3n) is 3.86. The Balaban J connectivity index is 2.00. The molecular formula is C14H23N5O2. The molecule has 7 nitrogen and oxygen atoms in total. The molecule has 1 fully saturated rings. The standard InChI is InChI=1S/C14H23N5O2/c1-11-5-4-7-18(8-6-11)14(21)12-9-19(16-15-12)10-13(20)17(2)3/h9,11H,4-8,10H2,1-3H3. The minimum Gasteiger partial charge on any atom is -0.347 e. The molecule has 1 atom stereocenters. The van der Waals surface area contributed by atoms with E-state index in [2.05, 4.69) is 17.2 Å². The molecule has 2 amide bonds. The van der Waals surface area contributed by atoms with Gasteiger partial charge in [0.2, 0.25) is 5.91 Å². The van der Waals surface area contributed by atoms with Crippen LogP contribution in [0.25, 0.3) is 0 Å². The van der Waals surface area contributed by atoms with Crippen molar-refractivity contribution in [2.75, 3.05) is 27.2 Å². The van der Waals surface area contributed by atoms with Crippen molar-refractivity contribution in [1.29, 1.82) is 0 Å². The van der Waals surface area contributed by atoms with E-state index in [1.54, 1.807) is 20.3 Å². The molecule has 1 aliphatic rings. The van der Waals surface area contributed by atoms with Gasteiger partial charge in [-0.2, -0.15) is 0 Å². The third kappa shape index (κ3) is 4.03. The van der Waals surface area contributed by atoms with E-state index in [-0.39, 0.29) is 18.4 Å². The van der Waals surface area contributed by atoms with Gasteiger partial charge in [0.15, 0.2) is 5.69 Å². The minimum atomic E-state index is -0.0901. The Bertz CT molecular complexity index is 511. The van der Waals surface area contributed by atoms with E-state index in [9.17, 15) is 9.59 Å². The number of likely N-dealkylation sites (tertiary alicyclic amines) is 1. The van der Waals surface area contributed by atoms with Gasteiger partial charge in [0, 0.05) is 27.2 Å². The minimum absolute atomic E-state index is 0.0810. The van der Waals surface area contributed by atoms with Gasteiger partial charge in [0.25, 0.3) is 5.91 Å². The Morgan fingerprint density at radius 2 is 2.10 bits per heavy atom. The quantitative estimate of drug-likeness (QED) is 0.819. The van der Waals surface area contributed by atoms with Crippen LogP contribution in [-0.2, 0) is 11.3 Å². The van der Waals surface area contributed by atoms with E-state index in [1.807, 2.05) is 4.90 Å². The van der Waals surface area contributed by atoms with Crippen LogP contribution in [-0.4, -0.2) is 63.8 Å². The van der Waals surface area contributed by atoms with Crippen molar-refractivity contribution in [2.45, 2.75) is 32.7 Å². The number of rotatable bonds is 3. The van der Waals surface area contributed by atoms with Crippen molar-refractivity contribution in [3.05, 3.63) is 11.9 Å². The van der Waals surface area contributed by atoms with Gasteiger partial charge in [-0.1, -0.05) is 12.1 Å². The van der Waals surface area contributed by atoms with Gasteiger partial charge >= 0.3 is 0 Å². The van der Waals surface area contributed by atoms with Crippen molar-refractivity contribution in [1.82, 2.24) is 24.8 Å². The van der Waals surface area contributed by atoms with Crippen LogP contribution in [0.1, 0.15) is 36.7 Å². The number of hydrogen-bond donors (Lipinski definition) is 0. The molecule has 1 unspecified atom stereocenters. The predicted octanol–water partition coefficient (Wildman–Crippen LogP) is 0.628. The van der Waals surface area contributed by atoms with Gasteiger partial charge in [-0.3, -0.25) is 9.59 Å². The maximum absolute atomic E-state index is 12.4. The number of aromatic nitrogens is 3. The largest absolute Gasteiger partial charge is 0.347 e. The second-order valence-electron chi connectivity index (χ2n) is 5.92. The zero-order chi connectivity index (χ0) is 15.4. The lowest BCUT2D eigenvalue weighted by Gasteiger charge is -2.18. The molecule has 1 aromatic heterocycles. The highest BCUT2D eigenvalue weighted by atomic mass is 16.2. The molecule has 1 saturated heterocycles. The SMILES string of the molecule is CC1CCCN(C(=O)c2cn(CC(=O)N(C)C)nn2)CC1. The number of nitrogens with zero attached hydrogens (tertiary/aromatic N) is 5. The second kappa shape index (κ2) is 6.69. The van der Waals surface area contributed by atoms with E-state index in [1.165, 1.54) is 9.58 Å². The van der Waals surface area contributed by atoms with E-state index >= 15 is 0 Å². The molecule has 1 aliphatic heterocycles. The van der Waals surface area contributed by atoms with E-state index in [0.717, 1.165) is 32.4 Å². The third-order valence-corrected chi connectivity index (χ3v) is 3.86. The number of carbonyl (C=O) groups is 2. The summed E-state index contributed by atoms with van der Waals surface area (Å²) in [6.07, 6.45) is 4.77. The maximum atomic E-state index is 12.4. The summed E-state index contributed by atoms with van der Waals surface area (Å²) in [5.41, 5.74) is 0.316. The molecule has 0 aliphatic carbocycles. The number of carbonyl (C=O) groups excluding carboxylic acids is 2. The molecule has 0 aromatic carbocycles. The molecule has 0 radical (unpaired) electrons. The van der Waals surface area contributed by atoms with Crippen LogP contribution in [0.5, 0.6) is 0 Å². The van der Waals surface area contributed by atoms with Crippen LogP contribution in [0.3, 0.4) is 0 Å². The highest BCUT2D eigenvalue weighted by Gasteiger charge is 2.22. The Labute approximate surface area is 124 Å². The second-order valence-corrected chi connectivity index (χ2v) is 5.92. The smallest absolute Gasteiger partial charge is 0.276 e. The normalized spacial score (nSPS) is 19.2. The summed E-state index contributed by atoms with van der Waals surface area (Å²) in [6.45, 7) is 3.86. The monoisotopic (exact) mass is 293 g/mol. The van der Waals surface area contributed by atoms with E-state index in [0.29, 0.717) is 11.6 Å². The molecule has 0 saturated carbocycles. The fourth-order valence-electron chi connectivity index (χ4n) is 2.38. The van der Waals surface area contributed by atoms with E-state index in [4.69, 9.17) is 0 Å². The summed E-state index contributed by atoms with van der Waals surface area (Å²) in [6, 6.07) is 0.